The third-order valence-electron chi connectivity index (χ3n) is 4.25. The normalized spacial score (nSPS) is 21.0. The summed E-state index contributed by atoms with van der Waals surface area (Å²) in [6.07, 6.45) is 1.86. The monoisotopic (exact) mass is 348 g/mol. The van der Waals surface area contributed by atoms with Crippen LogP contribution in [0.3, 0.4) is 0 Å². The number of likely N-dealkylation sites (N-methyl/N-ethyl adjacent to an activating group) is 1. The Labute approximate surface area is 134 Å². The number of fused-ring (bicyclic) bond motifs is 1. The molecule has 1 aliphatic heterocycles. The maximum Gasteiger partial charge on any atom is 0.0758 e. The molecule has 1 fully saturated rings. The topological polar surface area (TPSA) is 45.4 Å². The molecule has 0 saturated carbocycles. The lowest BCUT2D eigenvalue weighted by Crippen LogP contribution is -2.54. The van der Waals surface area contributed by atoms with Crippen molar-refractivity contribution in [1.82, 2.24) is 14.8 Å². The zero-order chi connectivity index (χ0) is 14.8. The lowest BCUT2D eigenvalue weighted by Gasteiger charge is -2.39. The number of piperazine rings is 1. The van der Waals surface area contributed by atoms with Crippen LogP contribution >= 0.6 is 15.9 Å². The van der Waals surface area contributed by atoms with Crippen molar-refractivity contribution < 1.29 is 0 Å². The Balaban J connectivity index is 1.89. The van der Waals surface area contributed by atoms with Crippen molar-refractivity contribution in [3.8, 4) is 0 Å². The summed E-state index contributed by atoms with van der Waals surface area (Å²) in [5.74, 6) is 0. The van der Waals surface area contributed by atoms with Crippen LogP contribution in [0, 0.1) is 0 Å². The van der Waals surface area contributed by atoms with E-state index in [0.717, 1.165) is 36.2 Å². The maximum atomic E-state index is 5.95. The van der Waals surface area contributed by atoms with Gasteiger partial charge in [-0.25, -0.2) is 0 Å². The van der Waals surface area contributed by atoms with Gasteiger partial charge in [0.2, 0.25) is 0 Å². The molecule has 2 aromatic rings. The summed E-state index contributed by atoms with van der Waals surface area (Å²) in [6, 6.07) is 8.81. The second-order valence-corrected chi connectivity index (χ2v) is 6.58. The fourth-order valence-electron chi connectivity index (χ4n) is 3.02. The predicted octanol–water partition coefficient (Wildman–Crippen LogP) is 2.07. The lowest BCUT2D eigenvalue weighted by atomic mass is 10.1. The molecule has 0 amide bonds. The summed E-state index contributed by atoms with van der Waals surface area (Å²) in [4.78, 5) is 9.41. The quantitative estimate of drug-likeness (QED) is 0.922. The van der Waals surface area contributed by atoms with Gasteiger partial charge in [0.25, 0.3) is 0 Å². The molecule has 112 valence electrons. The molecule has 3 rings (SSSR count). The first kappa shape index (κ1) is 14.9. The van der Waals surface area contributed by atoms with Crippen LogP contribution in [0.5, 0.6) is 0 Å². The minimum Gasteiger partial charge on any atom is -0.329 e. The number of aromatic nitrogens is 1. The molecule has 5 heteroatoms. The average Bonchev–Trinajstić information content (AvgIpc) is 2.52. The van der Waals surface area contributed by atoms with E-state index in [0.29, 0.717) is 12.6 Å². The number of benzene rings is 1. The molecule has 4 nitrogen and oxygen atoms in total. The van der Waals surface area contributed by atoms with Crippen molar-refractivity contribution in [1.29, 1.82) is 0 Å². The van der Waals surface area contributed by atoms with Crippen molar-refractivity contribution in [2.75, 3.05) is 33.2 Å². The van der Waals surface area contributed by atoms with Gasteiger partial charge in [0.15, 0.2) is 0 Å². The molecule has 1 atom stereocenters. The first-order valence-electron chi connectivity index (χ1n) is 7.34. The second kappa shape index (κ2) is 6.40. The summed E-state index contributed by atoms with van der Waals surface area (Å²) in [5, 5.41) is 1.17. The van der Waals surface area contributed by atoms with Crippen LogP contribution in [0.1, 0.15) is 5.56 Å². The van der Waals surface area contributed by atoms with E-state index in [1.165, 1.54) is 10.9 Å². The van der Waals surface area contributed by atoms with Gasteiger partial charge in [-0.1, -0.05) is 28.1 Å². The molecule has 1 saturated heterocycles. The van der Waals surface area contributed by atoms with Gasteiger partial charge in [0.05, 0.1) is 5.52 Å². The van der Waals surface area contributed by atoms with Crippen molar-refractivity contribution in [2.45, 2.75) is 12.6 Å². The minimum atomic E-state index is 0.422. The van der Waals surface area contributed by atoms with Crippen LogP contribution in [0.4, 0.5) is 0 Å². The van der Waals surface area contributed by atoms with Gasteiger partial charge in [-0.15, -0.1) is 0 Å². The molecule has 1 aromatic carbocycles. The van der Waals surface area contributed by atoms with Crippen LogP contribution in [0.2, 0.25) is 0 Å². The smallest absolute Gasteiger partial charge is 0.0758 e. The Morgan fingerprint density at radius 2 is 2.19 bits per heavy atom. The largest absolute Gasteiger partial charge is 0.329 e. The highest BCUT2D eigenvalue weighted by Crippen LogP contribution is 2.26. The fraction of sp³-hybridized carbons (Fsp3) is 0.438. The number of hydrogen-bond acceptors (Lipinski definition) is 4. The van der Waals surface area contributed by atoms with Gasteiger partial charge in [-0.3, -0.25) is 9.88 Å². The number of rotatable bonds is 3. The van der Waals surface area contributed by atoms with Crippen molar-refractivity contribution in [3.05, 3.63) is 40.5 Å². The predicted molar refractivity (Wildman–Crippen MR) is 90.2 cm³/mol. The zero-order valence-electron chi connectivity index (χ0n) is 12.3. The molecule has 1 aliphatic rings. The molecule has 0 radical (unpaired) electrons. The third-order valence-corrected chi connectivity index (χ3v) is 4.94. The Kier molecular flexibility index (Phi) is 4.54. The van der Waals surface area contributed by atoms with Crippen LogP contribution in [0.15, 0.2) is 34.9 Å². The van der Waals surface area contributed by atoms with Gasteiger partial charge >= 0.3 is 0 Å². The molecule has 1 unspecified atom stereocenters. The molecule has 2 heterocycles. The van der Waals surface area contributed by atoms with Crippen LogP contribution in [-0.4, -0.2) is 54.1 Å². The van der Waals surface area contributed by atoms with E-state index in [4.69, 9.17) is 5.73 Å². The lowest BCUT2D eigenvalue weighted by molar-refractivity contribution is 0.0884. The number of nitrogens with two attached hydrogens (primary N) is 1. The first-order chi connectivity index (χ1) is 10.2. The van der Waals surface area contributed by atoms with Crippen LogP contribution < -0.4 is 5.73 Å². The highest BCUT2D eigenvalue weighted by Gasteiger charge is 2.24. The fourth-order valence-corrected chi connectivity index (χ4v) is 3.47. The van der Waals surface area contributed by atoms with Crippen molar-refractivity contribution >= 4 is 26.8 Å². The molecular weight excluding hydrogens is 328 g/mol. The van der Waals surface area contributed by atoms with E-state index in [2.05, 4.69) is 56.0 Å². The van der Waals surface area contributed by atoms with E-state index in [-0.39, 0.29) is 0 Å². The number of halogens is 1. The van der Waals surface area contributed by atoms with E-state index >= 15 is 0 Å². The molecule has 0 bridgehead atoms. The van der Waals surface area contributed by atoms with E-state index < -0.39 is 0 Å². The third kappa shape index (κ3) is 3.11. The highest BCUT2D eigenvalue weighted by molar-refractivity contribution is 9.10. The van der Waals surface area contributed by atoms with Gasteiger partial charge in [0, 0.05) is 54.8 Å². The molecular formula is C16H21BrN4. The van der Waals surface area contributed by atoms with E-state index in [1.54, 1.807) is 0 Å². The highest BCUT2D eigenvalue weighted by atomic mass is 79.9. The number of nitrogens with zero attached hydrogens (tertiary/aromatic N) is 3. The van der Waals surface area contributed by atoms with Crippen molar-refractivity contribution in [3.63, 3.8) is 0 Å². The summed E-state index contributed by atoms with van der Waals surface area (Å²) in [6.45, 7) is 4.81. The van der Waals surface area contributed by atoms with E-state index in [9.17, 15) is 0 Å². The van der Waals surface area contributed by atoms with Gasteiger partial charge in [-0.05, 0) is 24.7 Å². The summed E-state index contributed by atoms with van der Waals surface area (Å²) in [7, 11) is 2.16. The minimum absolute atomic E-state index is 0.422. The molecule has 21 heavy (non-hydrogen) atoms. The Morgan fingerprint density at radius 1 is 1.33 bits per heavy atom. The SMILES string of the molecule is CN1CCN(Cc2ccc(Br)c3cccnc23)C(CN)C1. The number of pyridine rings is 1. The Bertz CT molecular complexity index is 631. The Hall–Kier alpha value is -1.01. The molecule has 0 spiro atoms. The summed E-state index contributed by atoms with van der Waals surface area (Å²) < 4.78 is 1.10. The van der Waals surface area contributed by atoms with Gasteiger partial charge in [0.1, 0.15) is 0 Å². The maximum absolute atomic E-state index is 5.95. The summed E-state index contributed by atoms with van der Waals surface area (Å²) in [5.41, 5.74) is 8.31. The van der Waals surface area contributed by atoms with Gasteiger partial charge < -0.3 is 10.6 Å². The molecule has 1 aromatic heterocycles. The zero-order valence-corrected chi connectivity index (χ0v) is 13.9. The number of hydrogen-bond donors (Lipinski definition) is 1. The average molecular weight is 349 g/mol. The summed E-state index contributed by atoms with van der Waals surface area (Å²) >= 11 is 3.61. The molecule has 2 N–H and O–H groups in total. The van der Waals surface area contributed by atoms with Gasteiger partial charge in [-0.2, -0.15) is 0 Å². The van der Waals surface area contributed by atoms with Crippen molar-refractivity contribution in [2.24, 2.45) is 5.73 Å². The van der Waals surface area contributed by atoms with Crippen LogP contribution in [0.25, 0.3) is 10.9 Å². The first-order valence-corrected chi connectivity index (χ1v) is 8.13. The molecule has 0 aliphatic carbocycles. The second-order valence-electron chi connectivity index (χ2n) is 5.73. The Morgan fingerprint density at radius 3 is 3.00 bits per heavy atom. The van der Waals surface area contributed by atoms with E-state index in [1.807, 2.05) is 12.3 Å². The van der Waals surface area contributed by atoms with Crippen LogP contribution in [-0.2, 0) is 6.54 Å². The standard InChI is InChI=1S/C16H21BrN4/c1-20-7-8-21(13(9-18)11-20)10-12-4-5-15(17)14-3-2-6-19-16(12)14/h2-6,13H,7-11,18H2,1H3.